The Bertz CT molecular complexity index is 936. The predicted octanol–water partition coefficient (Wildman–Crippen LogP) is 2.47. The SMILES string of the molecule is Nc1ccc2c(c1)C(=O)N(CCOC(c1ccccc1)N1C(=O)CSC1=O)CO2. The van der Waals surface area contributed by atoms with Crippen LogP contribution in [0.4, 0.5) is 10.5 Å². The molecule has 29 heavy (non-hydrogen) atoms. The number of nitrogen functional groups attached to an aromatic ring is 1. The molecule has 1 unspecified atom stereocenters. The number of fused-ring (bicyclic) bond motifs is 1. The molecule has 0 saturated carbocycles. The van der Waals surface area contributed by atoms with Crippen LogP contribution in [0.15, 0.2) is 48.5 Å². The summed E-state index contributed by atoms with van der Waals surface area (Å²) in [6, 6.07) is 14.0. The van der Waals surface area contributed by atoms with Crippen LogP contribution in [0.3, 0.4) is 0 Å². The van der Waals surface area contributed by atoms with E-state index in [1.807, 2.05) is 18.2 Å². The van der Waals surface area contributed by atoms with Gasteiger partial charge in [-0.25, -0.2) is 4.90 Å². The molecule has 1 fully saturated rings. The Hall–Kier alpha value is -3.04. The molecule has 2 aromatic carbocycles. The Labute approximate surface area is 171 Å². The van der Waals surface area contributed by atoms with Crippen molar-refractivity contribution < 1.29 is 23.9 Å². The van der Waals surface area contributed by atoms with E-state index in [0.29, 0.717) is 22.6 Å². The van der Waals surface area contributed by atoms with Crippen molar-refractivity contribution in [2.24, 2.45) is 0 Å². The van der Waals surface area contributed by atoms with Gasteiger partial charge in [0.15, 0.2) is 13.0 Å². The van der Waals surface area contributed by atoms with E-state index in [-0.39, 0.29) is 42.7 Å². The van der Waals surface area contributed by atoms with Crippen molar-refractivity contribution in [2.45, 2.75) is 6.23 Å². The molecule has 0 radical (unpaired) electrons. The smallest absolute Gasteiger partial charge is 0.291 e. The average Bonchev–Trinajstić information content (AvgIpc) is 3.06. The largest absolute Gasteiger partial charge is 0.472 e. The van der Waals surface area contributed by atoms with E-state index in [1.165, 1.54) is 4.90 Å². The van der Waals surface area contributed by atoms with Crippen LogP contribution in [0.1, 0.15) is 22.1 Å². The van der Waals surface area contributed by atoms with Crippen molar-refractivity contribution in [1.82, 2.24) is 9.80 Å². The minimum Gasteiger partial charge on any atom is -0.472 e. The molecule has 3 amide bonds. The molecule has 2 aliphatic heterocycles. The summed E-state index contributed by atoms with van der Waals surface area (Å²) in [5.41, 5.74) is 7.34. The molecule has 4 rings (SSSR count). The number of carbonyl (C=O) groups excluding carboxylic acids is 3. The van der Waals surface area contributed by atoms with Crippen LogP contribution < -0.4 is 10.5 Å². The lowest BCUT2D eigenvalue weighted by Gasteiger charge is -2.30. The highest BCUT2D eigenvalue weighted by atomic mass is 32.2. The number of hydrogen-bond acceptors (Lipinski definition) is 7. The van der Waals surface area contributed by atoms with Crippen molar-refractivity contribution >= 4 is 34.5 Å². The number of hydrogen-bond donors (Lipinski definition) is 1. The molecule has 150 valence electrons. The molecule has 2 aliphatic rings. The third-order valence-electron chi connectivity index (χ3n) is 4.64. The molecule has 2 heterocycles. The average molecular weight is 413 g/mol. The number of nitrogens with zero attached hydrogens (tertiary/aromatic N) is 2. The van der Waals surface area contributed by atoms with E-state index < -0.39 is 6.23 Å². The number of ether oxygens (including phenoxy) is 2. The maximum absolute atomic E-state index is 12.7. The second kappa shape index (κ2) is 8.14. The maximum atomic E-state index is 12.7. The number of carbonyl (C=O) groups is 3. The number of amides is 3. The number of anilines is 1. The quantitative estimate of drug-likeness (QED) is 0.726. The fourth-order valence-corrected chi connectivity index (χ4v) is 3.91. The number of imide groups is 1. The zero-order valence-electron chi connectivity index (χ0n) is 15.4. The minimum atomic E-state index is -0.838. The second-order valence-electron chi connectivity index (χ2n) is 6.55. The summed E-state index contributed by atoms with van der Waals surface area (Å²) >= 11 is 0.953. The van der Waals surface area contributed by atoms with Crippen LogP contribution in [-0.4, -0.2) is 52.5 Å². The summed E-state index contributed by atoms with van der Waals surface area (Å²) in [6.45, 7) is 0.445. The number of rotatable bonds is 6. The highest BCUT2D eigenvalue weighted by Gasteiger charge is 2.37. The summed E-state index contributed by atoms with van der Waals surface area (Å²) in [6.07, 6.45) is -0.838. The van der Waals surface area contributed by atoms with Crippen LogP contribution in [0.5, 0.6) is 5.75 Å². The standard InChI is InChI=1S/C20H19N3O5S/c21-14-6-7-16-15(10-14)18(25)22(12-28-16)8-9-27-19(13-4-2-1-3-5-13)23-17(24)11-29-20(23)26/h1-7,10,19H,8-9,11-12,21H2. The Morgan fingerprint density at radius 2 is 1.93 bits per heavy atom. The summed E-state index contributed by atoms with van der Waals surface area (Å²) in [5.74, 6) is 0.0917. The molecule has 2 aromatic rings. The second-order valence-corrected chi connectivity index (χ2v) is 7.48. The first kappa shape index (κ1) is 19.3. The normalized spacial score (nSPS) is 17.3. The van der Waals surface area contributed by atoms with Crippen molar-refractivity contribution in [1.29, 1.82) is 0 Å². The minimum absolute atomic E-state index is 0.0898. The molecule has 1 atom stereocenters. The van der Waals surface area contributed by atoms with Gasteiger partial charge in [0.05, 0.1) is 17.9 Å². The molecule has 0 aliphatic carbocycles. The number of nitrogens with two attached hydrogens (primary N) is 1. The predicted molar refractivity (Wildman–Crippen MR) is 107 cm³/mol. The van der Waals surface area contributed by atoms with Crippen molar-refractivity contribution in [3.05, 3.63) is 59.7 Å². The Morgan fingerprint density at radius 3 is 2.66 bits per heavy atom. The molecule has 1 saturated heterocycles. The highest BCUT2D eigenvalue weighted by Crippen LogP contribution is 2.31. The van der Waals surface area contributed by atoms with Crippen LogP contribution in [0, 0.1) is 0 Å². The lowest BCUT2D eigenvalue weighted by molar-refractivity contribution is -0.136. The molecule has 0 bridgehead atoms. The fraction of sp³-hybridized carbons (Fsp3) is 0.250. The van der Waals surface area contributed by atoms with Gasteiger partial charge in [-0.05, 0) is 18.2 Å². The summed E-state index contributed by atoms with van der Waals surface area (Å²) in [4.78, 5) is 39.7. The lowest BCUT2D eigenvalue weighted by atomic mass is 10.1. The van der Waals surface area contributed by atoms with E-state index in [9.17, 15) is 14.4 Å². The Kier molecular flexibility index (Phi) is 5.41. The van der Waals surface area contributed by atoms with Crippen LogP contribution in [0.25, 0.3) is 0 Å². The van der Waals surface area contributed by atoms with Gasteiger partial charge in [0.2, 0.25) is 5.91 Å². The number of thioether (sulfide) groups is 1. The zero-order valence-corrected chi connectivity index (χ0v) is 16.3. The van der Waals surface area contributed by atoms with Gasteiger partial charge in [-0.15, -0.1) is 0 Å². The summed E-state index contributed by atoms with van der Waals surface area (Å²) in [5, 5.41) is -0.342. The Morgan fingerprint density at radius 1 is 1.14 bits per heavy atom. The number of benzene rings is 2. The molecular formula is C20H19N3O5S. The molecule has 2 N–H and O–H groups in total. The molecule has 8 nitrogen and oxygen atoms in total. The molecule has 9 heteroatoms. The van der Waals surface area contributed by atoms with Gasteiger partial charge in [-0.1, -0.05) is 42.1 Å². The first-order valence-corrected chi connectivity index (χ1v) is 10.00. The van der Waals surface area contributed by atoms with Gasteiger partial charge in [0, 0.05) is 17.8 Å². The highest BCUT2D eigenvalue weighted by molar-refractivity contribution is 8.14. The maximum Gasteiger partial charge on any atom is 0.291 e. The zero-order chi connectivity index (χ0) is 20.4. The van der Waals surface area contributed by atoms with Crippen molar-refractivity contribution in [3.8, 4) is 5.75 Å². The molecule has 0 aromatic heterocycles. The van der Waals surface area contributed by atoms with Gasteiger partial charge in [0.25, 0.3) is 11.1 Å². The van der Waals surface area contributed by atoms with Gasteiger partial charge >= 0.3 is 0 Å². The first-order chi connectivity index (χ1) is 14.0. The van der Waals surface area contributed by atoms with Gasteiger partial charge in [0.1, 0.15) is 5.75 Å². The Balaban J connectivity index is 1.45. The van der Waals surface area contributed by atoms with E-state index in [4.69, 9.17) is 15.2 Å². The third kappa shape index (κ3) is 3.92. The first-order valence-electron chi connectivity index (χ1n) is 9.01. The third-order valence-corrected chi connectivity index (χ3v) is 5.47. The van der Waals surface area contributed by atoms with Gasteiger partial charge in [-0.2, -0.15) is 0 Å². The van der Waals surface area contributed by atoms with E-state index in [1.54, 1.807) is 30.3 Å². The van der Waals surface area contributed by atoms with Gasteiger partial charge < -0.3 is 20.1 Å². The lowest BCUT2D eigenvalue weighted by Crippen LogP contribution is -2.42. The van der Waals surface area contributed by atoms with Crippen LogP contribution in [-0.2, 0) is 9.53 Å². The fourth-order valence-electron chi connectivity index (χ4n) is 3.19. The molecular weight excluding hydrogens is 394 g/mol. The van der Waals surface area contributed by atoms with Crippen LogP contribution >= 0.6 is 11.8 Å². The molecule has 0 spiro atoms. The van der Waals surface area contributed by atoms with E-state index >= 15 is 0 Å². The summed E-state index contributed by atoms with van der Waals surface area (Å²) in [7, 11) is 0. The van der Waals surface area contributed by atoms with E-state index in [0.717, 1.165) is 16.7 Å². The van der Waals surface area contributed by atoms with E-state index in [2.05, 4.69) is 0 Å². The monoisotopic (exact) mass is 413 g/mol. The van der Waals surface area contributed by atoms with Crippen molar-refractivity contribution in [3.63, 3.8) is 0 Å². The summed E-state index contributed by atoms with van der Waals surface area (Å²) < 4.78 is 11.5. The topological polar surface area (TPSA) is 102 Å². The van der Waals surface area contributed by atoms with Crippen LogP contribution in [0.2, 0.25) is 0 Å². The van der Waals surface area contributed by atoms with Crippen molar-refractivity contribution in [2.75, 3.05) is 31.4 Å². The van der Waals surface area contributed by atoms with Gasteiger partial charge in [-0.3, -0.25) is 14.4 Å².